The van der Waals surface area contributed by atoms with Gasteiger partial charge in [-0.1, -0.05) is 5.16 Å². The molecule has 1 saturated heterocycles. The third-order valence-electron chi connectivity index (χ3n) is 3.74. The van der Waals surface area contributed by atoms with Crippen LogP contribution in [0.15, 0.2) is 10.6 Å². The van der Waals surface area contributed by atoms with Gasteiger partial charge in [-0.25, -0.2) is 0 Å². The summed E-state index contributed by atoms with van der Waals surface area (Å²) >= 11 is 0. The number of nitrogens with zero attached hydrogens (tertiary/aromatic N) is 4. The molecule has 1 aliphatic rings. The van der Waals surface area contributed by atoms with Crippen LogP contribution in [0.5, 0.6) is 0 Å². The quantitative estimate of drug-likeness (QED) is 0.802. The highest BCUT2D eigenvalue weighted by Crippen LogP contribution is 2.06. The fourth-order valence-electron chi connectivity index (χ4n) is 2.45. The molecule has 0 aromatic carbocycles. The van der Waals surface area contributed by atoms with Crippen LogP contribution in [0.4, 0.5) is 0 Å². The maximum Gasteiger partial charge on any atom is 0.275 e. The van der Waals surface area contributed by atoms with Gasteiger partial charge in [0.05, 0.1) is 6.10 Å². The van der Waals surface area contributed by atoms with E-state index in [9.17, 15) is 9.90 Å². The third-order valence-corrected chi connectivity index (χ3v) is 3.74. The highest BCUT2D eigenvalue weighted by atomic mass is 16.5. The van der Waals surface area contributed by atoms with Crippen LogP contribution in [-0.4, -0.2) is 90.3 Å². The van der Waals surface area contributed by atoms with Crippen LogP contribution in [0, 0.1) is 6.92 Å². The molecule has 7 heteroatoms. The number of piperazine rings is 1. The zero-order valence-electron chi connectivity index (χ0n) is 12.9. The van der Waals surface area contributed by atoms with Gasteiger partial charge in [0.15, 0.2) is 5.69 Å². The Morgan fingerprint density at radius 2 is 2.14 bits per heavy atom. The number of aliphatic hydroxyl groups is 1. The molecule has 1 aliphatic heterocycles. The second-order valence-corrected chi connectivity index (χ2v) is 5.77. The normalized spacial score (nSPS) is 18.7. The summed E-state index contributed by atoms with van der Waals surface area (Å²) in [5.74, 6) is 0.369. The van der Waals surface area contributed by atoms with Crippen molar-refractivity contribution in [1.82, 2.24) is 19.9 Å². The predicted molar refractivity (Wildman–Crippen MR) is 78.1 cm³/mol. The van der Waals surface area contributed by atoms with Crippen LogP contribution >= 0.6 is 0 Å². The van der Waals surface area contributed by atoms with E-state index in [1.807, 2.05) is 0 Å². The van der Waals surface area contributed by atoms with E-state index in [2.05, 4.69) is 22.0 Å². The summed E-state index contributed by atoms with van der Waals surface area (Å²) in [7, 11) is 3.76. The molecule has 0 saturated carbocycles. The summed E-state index contributed by atoms with van der Waals surface area (Å²) in [5.41, 5.74) is 0.279. The number of carbonyl (C=O) groups is 1. The fourth-order valence-corrected chi connectivity index (χ4v) is 2.45. The van der Waals surface area contributed by atoms with Crippen LogP contribution in [0.2, 0.25) is 0 Å². The monoisotopic (exact) mass is 296 g/mol. The minimum absolute atomic E-state index is 0.232. The molecule has 1 fully saturated rings. The SMILES string of the molecule is Cc1cc(C(=O)N(C)CC(O)CN2CCN(C)CC2)no1. The Kier molecular flexibility index (Phi) is 5.33. The van der Waals surface area contributed by atoms with E-state index in [-0.39, 0.29) is 18.1 Å². The smallest absolute Gasteiger partial charge is 0.275 e. The Hall–Kier alpha value is -1.44. The number of β-amino-alcohol motifs (C(OH)–C–C–N with tert-alkyl or cyclic N) is 1. The van der Waals surface area contributed by atoms with Crippen molar-refractivity contribution in [3.8, 4) is 0 Å². The Morgan fingerprint density at radius 1 is 1.48 bits per heavy atom. The number of aromatic nitrogens is 1. The van der Waals surface area contributed by atoms with Gasteiger partial charge in [0.25, 0.3) is 5.91 Å². The van der Waals surface area contributed by atoms with Gasteiger partial charge in [-0.3, -0.25) is 9.69 Å². The van der Waals surface area contributed by atoms with Crippen molar-refractivity contribution < 1.29 is 14.4 Å². The lowest BCUT2D eigenvalue weighted by Crippen LogP contribution is -2.49. The Bertz CT molecular complexity index is 469. The number of carbonyl (C=O) groups excluding carboxylic acids is 1. The number of hydrogen-bond donors (Lipinski definition) is 1. The number of aryl methyl sites for hydroxylation is 1. The summed E-state index contributed by atoms with van der Waals surface area (Å²) in [4.78, 5) is 18.1. The minimum atomic E-state index is -0.560. The second kappa shape index (κ2) is 7.02. The molecule has 2 heterocycles. The molecular weight excluding hydrogens is 272 g/mol. The average Bonchev–Trinajstić information content (AvgIpc) is 2.87. The van der Waals surface area contributed by atoms with Crippen molar-refractivity contribution in [3.05, 3.63) is 17.5 Å². The fraction of sp³-hybridized carbons (Fsp3) is 0.714. The standard InChI is InChI=1S/C14H24N4O3/c1-11-8-13(15-21-11)14(20)17(3)9-12(19)10-18-6-4-16(2)5-7-18/h8,12,19H,4-7,9-10H2,1-3H3. The topological polar surface area (TPSA) is 73.1 Å². The lowest BCUT2D eigenvalue weighted by atomic mass is 10.2. The number of aliphatic hydroxyl groups excluding tert-OH is 1. The lowest BCUT2D eigenvalue weighted by Gasteiger charge is -2.34. The van der Waals surface area contributed by atoms with Crippen molar-refractivity contribution >= 4 is 5.91 Å². The molecule has 7 nitrogen and oxygen atoms in total. The molecule has 0 aliphatic carbocycles. The highest BCUT2D eigenvalue weighted by molar-refractivity contribution is 5.92. The van der Waals surface area contributed by atoms with Gasteiger partial charge in [-0.05, 0) is 14.0 Å². The molecular formula is C14H24N4O3. The lowest BCUT2D eigenvalue weighted by molar-refractivity contribution is 0.0496. The second-order valence-electron chi connectivity index (χ2n) is 5.77. The minimum Gasteiger partial charge on any atom is -0.390 e. The third kappa shape index (κ3) is 4.52. The maximum absolute atomic E-state index is 12.1. The number of likely N-dealkylation sites (N-methyl/N-ethyl adjacent to an activating group) is 2. The van der Waals surface area contributed by atoms with Crippen molar-refractivity contribution in [2.45, 2.75) is 13.0 Å². The first-order valence-electron chi connectivity index (χ1n) is 7.23. The predicted octanol–water partition coefficient (Wildman–Crippen LogP) is -0.337. The van der Waals surface area contributed by atoms with Gasteiger partial charge in [0, 0.05) is 52.4 Å². The van der Waals surface area contributed by atoms with Crippen LogP contribution in [0.25, 0.3) is 0 Å². The van der Waals surface area contributed by atoms with Crippen LogP contribution in [0.3, 0.4) is 0 Å². The summed E-state index contributed by atoms with van der Waals surface area (Å²) in [5, 5.41) is 13.9. The highest BCUT2D eigenvalue weighted by Gasteiger charge is 2.21. The van der Waals surface area contributed by atoms with E-state index in [4.69, 9.17) is 4.52 Å². The Labute approximate surface area is 125 Å². The first-order valence-corrected chi connectivity index (χ1v) is 7.23. The Balaban J connectivity index is 1.79. The largest absolute Gasteiger partial charge is 0.390 e. The Morgan fingerprint density at radius 3 is 2.71 bits per heavy atom. The molecule has 0 bridgehead atoms. The first kappa shape index (κ1) is 15.9. The average molecular weight is 296 g/mol. The van der Waals surface area contributed by atoms with Crippen LogP contribution < -0.4 is 0 Å². The molecule has 2 rings (SSSR count). The van der Waals surface area contributed by atoms with E-state index in [1.54, 1.807) is 20.0 Å². The van der Waals surface area contributed by atoms with Crippen molar-refractivity contribution in [1.29, 1.82) is 0 Å². The number of rotatable bonds is 5. The summed E-state index contributed by atoms with van der Waals surface area (Å²) in [6.45, 7) is 6.55. The van der Waals surface area contributed by atoms with Gasteiger partial charge in [0.1, 0.15) is 5.76 Å². The van der Waals surface area contributed by atoms with E-state index in [0.29, 0.717) is 12.3 Å². The zero-order chi connectivity index (χ0) is 15.4. The molecule has 1 N–H and O–H groups in total. The van der Waals surface area contributed by atoms with E-state index in [1.165, 1.54) is 4.90 Å². The van der Waals surface area contributed by atoms with E-state index in [0.717, 1.165) is 26.2 Å². The molecule has 0 spiro atoms. The summed E-state index contributed by atoms with van der Waals surface area (Å²) in [6, 6.07) is 1.60. The maximum atomic E-state index is 12.1. The van der Waals surface area contributed by atoms with Crippen molar-refractivity contribution in [2.24, 2.45) is 0 Å². The van der Waals surface area contributed by atoms with Crippen LogP contribution in [-0.2, 0) is 0 Å². The number of hydrogen-bond acceptors (Lipinski definition) is 6. The zero-order valence-corrected chi connectivity index (χ0v) is 12.9. The summed E-state index contributed by atoms with van der Waals surface area (Å²) < 4.78 is 4.90. The molecule has 1 unspecified atom stereocenters. The van der Waals surface area contributed by atoms with Gasteiger partial charge >= 0.3 is 0 Å². The van der Waals surface area contributed by atoms with Gasteiger partial charge < -0.3 is 19.4 Å². The molecule has 1 aromatic rings. The van der Waals surface area contributed by atoms with E-state index < -0.39 is 6.10 Å². The molecule has 0 radical (unpaired) electrons. The van der Waals surface area contributed by atoms with Crippen LogP contribution in [0.1, 0.15) is 16.2 Å². The molecule has 1 aromatic heterocycles. The molecule has 118 valence electrons. The summed E-state index contributed by atoms with van der Waals surface area (Å²) in [6.07, 6.45) is -0.560. The van der Waals surface area contributed by atoms with Gasteiger partial charge in [-0.15, -0.1) is 0 Å². The van der Waals surface area contributed by atoms with E-state index >= 15 is 0 Å². The number of amides is 1. The first-order chi connectivity index (χ1) is 9.95. The van der Waals surface area contributed by atoms with Crippen molar-refractivity contribution in [2.75, 3.05) is 53.4 Å². The molecule has 21 heavy (non-hydrogen) atoms. The molecule has 1 amide bonds. The van der Waals surface area contributed by atoms with Crippen molar-refractivity contribution in [3.63, 3.8) is 0 Å². The molecule has 1 atom stereocenters. The van der Waals surface area contributed by atoms with Gasteiger partial charge in [0.2, 0.25) is 0 Å². The van der Waals surface area contributed by atoms with Gasteiger partial charge in [-0.2, -0.15) is 0 Å².